The minimum Gasteiger partial charge on any atom is -0.378 e. The van der Waals surface area contributed by atoms with Crippen molar-refractivity contribution in [1.29, 1.82) is 0 Å². The molecule has 4 nitrogen and oxygen atoms in total. The molecule has 0 aromatic carbocycles. The lowest BCUT2D eigenvalue weighted by atomic mass is 10.7. The Morgan fingerprint density at radius 2 is 1.00 bits per heavy atom. The third-order valence-electron chi connectivity index (χ3n) is 0.896. The Morgan fingerprint density at radius 3 is 1.25 bits per heavy atom. The van der Waals surface area contributed by atoms with Crippen LogP contribution in [-0.4, -0.2) is 39.5 Å². The molecule has 0 aromatic heterocycles. The third-order valence-corrected chi connectivity index (χ3v) is 0.896. The van der Waals surface area contributed by atoms with Gasteiger partial charge in [-0.3, -0.25) is 0 Å². The van der Waals surface area contributed by atoms with E-state index in [-0.39, 0.29) is 24.8 Å². The highest BCUT2D eigenvalue weighted by Crippen LogP contribution is 1.75. The van der Waals surface area contributed by atoms with Crippen LogP contribution in [-0.2, 0) is 9.47 Å². The molecule has 0 amide bonds. The van der Waals surface area contributed by atoms with Crippen molar-refractivity contribution >= 4 is 24.8 Å². The minimum absolute atomic E-state index is 0. The van der Waals surface area contributed by atoms with Crippen LogP contribution in [0.15, 0.2) is 0 Å². The standard InChI is InChI=1S/C6H16N2O2.2ClH/c7-1-3-9-5-6-10-4-2-8;;/h1-8H2;2*1H. The van der Waals surface area contributed by atoms with Crippen molar-refractivity contribution in [1.82, 2.24) is 0 Å². The molecule has 0 aliphatic carbocycles. The molecule has 0 aromatic rings. The van der Waals surface area contributed by atoms with Gasteiger partial charge in [0.15, 0.2) is 0 Å². The molecule has 0 bridgehead atoms. The Labute approximate surface area is 85.8 Å². The van der Waals surface area contributed by atoms with Crippen molar-refractivity contribution < 1.29 is 9.47 Å². The molecule has 0 spiro atoms. The predicted molar refractivity (Wildman–Crippen MR) is 54.2 cm³/mol. The van der Waals surface area contributed by atoms with Gasteiger partial charge in [0.05, 0.1) is 26.4 Å². The van der Waals surface area contributed by atoms with Crippen LogP contribution in [0.25, 0.3) is 0 Å². The summed E-state index contributed by atoms with van der Waals surface area (Å²) in [6.07, 6.45) is 0. The van der Waals surface area contributed by atoms with E-state index in [1.165, 1.54) is 0 Å². The summed E-state index contributed by atoms with van der Waals surface area (Å²) in [5.41, 5.74) is 10.4. The van der Waals surface area contributed by atoms with E-state index < -0.39 is 0 Å². The normalized spacial score (nSPS) is 8.50. The van der Waals surface area contributed by atoms with E-state index in [0.29, 0.717) is 39.5 Å². The van der Waals surface area contributed by atoms with Crippen molar-refractivity contribution in [3.8, 4) is 0 Å². The van der Waals surface area contributed by atoms with Crippen LogP contribution in [0.3, 0.4) is 0 Å². The van der Waals surface area contributed by atoms with Crippen LogP contribution in [0.2, 0.25) is 0 Å². The maximum Gasteiger partial charge on any atom is 0.0701 e. The molecule has 6 heteroatoms. The molecule has 0 aliphatic heterocycles. The molecule has 0 heterocycles. The molecule has 4 N–H and O–H groups in total. The number of ether oxygens (including phenoxy) is 2. The number of hydrogen-bond acceptors (Lipinski definition) is 4. The summed E-state index contributed by atoms with van der Waals surface area (Å²) >= 11 is 0. The number of nitrogens with two attached hydrogens (primary N) is 2. The van der Waals surface area contributed by atoms with Gasteiger partial charge in [0.25, 0.3) is 0 Å². The fourth-order valence-corrected chi connectivity index (χ4v) is 0.489. The molecule has 0 aliphatic rings. The van der Waals surface area contributed by atoms with Gasteiger partial charge in [-0.25, -0.2) is 0 Å². The summed E-state index contributed by atoms with van der Waals surface area (Å²) in [5.74, 6) is 0. The minimum atomic E-state index is 0. The third kappa shape index (κ3) is 16.8. The van der Waals surface area contributed by atoms with Gasteiger partial charge in [-0.05, 0) is 0 Å². The lowest BCUT2D eigenvalue weighted by Crippen LogP contribution is -2.14. The highest BCUT2D eigenvalue weighted by atomic mass is 35.5. The summed E-state index contributed by atoms with van der Waals surface area (Å²) in [4.78, 5) is 0. The molecule has 0 saturated carbocycles. The van der Waals surface area contributed by atoms with Gasteiger partial charge in [-0.1, -0.05) is 0 Å². The van der Waals surface area contributed by atoms with Gasteiger partial charge in [0.1, 0.15) is 0 Å². The maximum atomic E-state index is 5.18. The van der Waals surface area contributed by atoms with Crippen molar-refractivity contribution in [2.45, 2.75) is 0 Å². The SMILES string of the molecule is Cl.Cl.NCCOCCOCCN. The fraction of sp³-hybridized carbons (Fsp3) is 1.00. The van der Waals surface area contributed by atoms with Crippen molar-refractivity contribution in [3.05, 3.63) is 0 Å². The second-order valence-electron chi connectivity index (χ2n) is 1.80. The summed E-state index contributed by atoms with van der Waals surface area (Å²) in [6.45, 7) is 3.56. The zero-order chi connectivity index (χ0) is 7.66. The Morgan fingerprint density at radius 1 is 0.667 bits per heavy atom. The highest BCUT2D eigenvalue weighted by molar-refractivity contribution is 5.85. The molecule has 0 fully saturated rings. The second-order valence-corrected chi connectivity index (χ2v) is 1.80. The first-order valence-corrected chi connectivity index (χ1v) is 3.47. The van der Waals surface area contributed by atoms with Crippen LogP contribution < -0.4 is 11.5 Å². The van der Waals surface area contributed by atoms with Crippen LogP contribution in [0.5, 0.6) is 0 Å². The first-order valence-electron chi connectivity index (χ1n) is 3.47. The molecule has 0 unspecified atom stereocenters. The molecule has 0 atom stereocenters. The van der Waals surface area contributed by atoms with Crippen LogP contribution in [0, 0.1) is 0 Å². The predicted octanol–water partition coefficient (Wildman–Crippen LogP) is -0.219. The van der Waals surface area contributed by atoms with E-state index in [1.54, 1.807) is 0 Å². The van der Waals surface area contributed by atoms with E-state index in [0.717, 1.165) is 0 Å². The van der Waals surface area contributed by atoms with E-state index in [1.807, 2.05) is 0 Å². The summed E-state index contributed by atoms with van der Waals surface area (Å²) in [5, 5.41) is 0. The van der Waals surface area contributed by atoms with Gasteiger partial charge >= 0.3 is 0 Å². The average molecular weight is 221 g/mol. The second kappa shape index (κ2) is 17.5. The summed E-state index contributed by atoms with van der Waals surface area (Å²) in [7, 11) is 0. The van der Waals surface area contributed by atoms with Gasteiger partial charge in [-0.15, -0.1) is 24.8 Å². The Bertz CT molecular complexity index is 61.5. The topological polar surface area (TPSA) is 70.5 Å². The molecule has 0 rings (SSSR count). The van der Waals surface area contributed by atoms with Crippen molar-refractivity contribution in [3.63, 3.8) is 0 Å². The first-order chi connectivity index (χ1) is 4.91. The molecule has 12 heavy (non-hydrogen) atoms. The van der Waals surface area contributed by atoms with E-state index in [4.69, 9.17) is 20.9 Å². The smallest absolute Gasteiger partial charge is 0.0701 e. The van der Waals surface area contributed by atoms with Crippen LogP contribution >= 0.6 is 24.8 Å². The lowest BCUT2D eigenvalue weighted by Gasteiger charge is -2.02. The summed E-state index contributed by atoms with van der Waals surface area (Å²) < 4.78 is 10.1. The first kappa shape index (κ1) is 18.3. The van der Waals surface area contributed by atoms with Gasteiger partial charge in [0.2, 0.25) is 0 Å². The zero-order valence-corrected chi connectivity index (χ0v) is 8.66. The average Bonchev–Trinajstić information content (AvgIpc) is 1.97. The molecular weight excluding hydrogens is 203 g/mol. The van der Waals surface area contributed by atoms with E-state index >= 15 is 0 Å². The van der Waals surface area contributed by atoms with Gasteiger partial charge in [-0.2, -0.15) is 0 Å². The van der Waals surface area contributed by atoms with Crippen LogP contribution in [0.1, 0.15) is 0 Å². The summed E-state index contributed by atoms with van der Waals surface area (Å²) in [6, 6.07) is 0. The fourth-order valence-electron chi connectivity index (χ4n) is 0.489. The van der Waals surface area contributed by atoms with Crippen molar-refractivity contribution in [2.75, 3.05) is 39.5 Å². The van der Waals surface area contributed by atoms with Crippen LogP contribution in [0.4, 0.5) is 0 Å². The van der Waals surface area contributed by atoms with E-state index in [9.17, 15) is 0 Å². The lowest BCUT2D eigenvalue weighted by molar-refractivity contribution is 0.0538. The van der Waals surface area contributed by atoms with Gasteiger partial charge < -0.3 is 20.9 Å². The quantitative estimate of drug-likeness (QED) is 0.583. The largest absolute Gasteiger partial charge is 0.378 e. The number of halogens is 2. The Kier molecular flexibility index (Phi) is 26.6. The molecule has 0 radical (unpaired) electrons. The highest BCUT2D eigenvalue weighted by Gasteiger charge is 1.85. The zero-order valence-electron chi connectivity index (χ0n) is 7.03. The Balaban J connectivity index is -0.000000405. The number of rotatable bonds is 7. The molecular formula is C6H18Cl2N2O2. The number of hydrogen-bond donors (Lipinski definition) is 2. The molecule has 78 valence electrons. The monoisotopic (exact) mass is 220 g/mol. The van der Waals surface area contributed by atoms with Gasteiger partial charge in [0, 0.05) is 13.1 Å². The maximum absolute atomic E-state index is 5.18. The Hall–Kier alpha value is 0.420. The van der Waals surface area contributed by atoms with Crippen molar-refractivity contribution in [2.24, 2.45) is 11.5 Å². The van der Waals surface area contributed by atoms with E-state index in [2.05, 4.69) is 0 Å². The molecule has 0 saturated heterocycles.